The fourth-order valence-corrected chi connectivity index (χ4v) is 1.24. The van der Waals surface area contributed by atoms with Gasteiger partial charge in [0.2, 0.25) is 0 Å². The lowest BCUT2D eigenvalue weighted by Crippen LogP contribution is -2.11. The molecule has 0 aliphatic rings. The van der Waals surface area contributed by atoms with Crippen molar-refractivity contribution in [1.29, 1.82) is 0 Å². The van der Waals surface area contributed by atoms with Crippen LogP contribution in [-0.2, 0) is 10.1 Å². The number of nitrogens with zero attached hydrogens (tertiary/aromatic N) is 1. The number of halogens is 1. The third-order valence-corrected chi connectivity index (χ3v) is 2.65. The van der Waals surface area contributed by atoms with E-state index in [1.54, 1.807) is 0 Å². The summed E-state index contributed by atoms with van der Waals surface area (Å²) in [4.78, 5) is 3.67. The van der Waals surface area contributed by atoms with Crippen molar-refractivity contribution in [2.45, 2.75) is 6.92 Å². The van der Waals surface area contributed by atoms with E-state index < -0.39 is 10.1 Å². The molecule has 1 aromatic rings. The van der Waals surface area contributed by atoms with Crippen LogP contribution in [0.25, 0.3) is 0 Å². The van der Waals surface area contributed by atoms with Crippen LogP contribution in [0.1, 0.15) is 6.92 Å². The molecule has 1 rings (SSSR count). The zero-order chi connectivity index (χ0) is 9.90. The number of rotatable bonds is 3. The molecule has 0 bridgehead atoms. The van der Waals surface area contributed by atoms with Crippen molar-refractivity contribution in [1.82, 2.24) is 4.98 Å². The van der Waals surface area contributed by atoms with E-state index in [2.05, 4.69) is 9.17 Å². The van der Waals surface area contributed by atoms with E-state index in [4.69, 9.17) is 11.6 Å². The van der Waals surface area contributed by atoms with E-state index in [1.165, 1.54) is 25.3 Å². The van der Waals surface area contributed by atoms with Crippen LogP contribution < -0.4 is 4.18 Å². The van der Waals surface area contributed by atoms with E-state index in [0.717, 1.165) is 0 Å². The van der Waals surface area contributed by atoms with Crippen LogP contribution in [-0.4, -0.2) is 19.2 Å². The summed E-state index contributed by atoms with van der Waals surface area (Å²) in [6.07, 6.45) is 1.26. The van der Waals surface area contributed by atoms with Crippen molar-refractivity contribution in [3.05, 3.63) is 23.5 Å². The number of hydrogen-bond donors (Lipinski definition) is 0. The molecular formula is C7H8ClNO3S. The van der Waals surface area contributed by atoms with Crippen molar-refractivity contribution in [3.8, 4) is 5.75 Å². The van der Waals surface area contributed by atoms with Gasteiger partial charge in [0.15, 0.2) is 5.75 Å². The molecule has 0 aliphatic heterocycles. The van der Waals surface area contributed by atoms with Crippen LogP contribution in [0.5, 0.6) is 5.75 Å². The number of aromatic nitrogens is 1. The van der Waals surface area contributed by atoms with E-state index >= 15 is 0 Å². The minimum absolute atomic E-state index is 0.0738. The average molecular weight is 222 g/mol. The smallest absolute Gasteiger partial charge is 0.308 e. The second-order valence-corrected chi connectivity index (χ2v) is 4.49. The highest BCUT2D eigenvalue weighted by Gasteiger charge is 2.08. The van der Waals surface area contributed by atoms with Crippen LogP contribution in [0, 0.1) is 0 Å². The van der Waals surface area contributed by atoms with E-state index in [9.17, 15) is 8.42 Å². The number of hydrogen-bond acceptors (Lipinski definition) is 4. The maximum Gasteiger partial charge on any atom is 0.308 e. The van der Waals surface area contributed by atoms with Crippen LogP contribution >= 0.6 is 11.6 Å². The quantitative estimate of drug-likeness (QED) is 0.573. The van der Waals surface area contributed by atoms with Gasteiger partial charge in [0.25, 0.3) is 0 Å². The van der Waals surface area contributed by atoms with Crippen molar-refractivity contribution >= 4 is 21.7 Å². The molecule has 0 atom stereocenters. The zero-order valence-electron chi connectivity index (χ0n) is 6.90. The molecule has 1 heterocycles. The fourth-order valence-electron chi connectivity index (χ4n) is 0.617. The molecule has 0 aromatic carbocycles. The summed E-state index contributed by atoms with van der Waals surface area (Å²) in [7, 11) is -3.47. The van der Waals surface area contributed by atoms with Crippen LogP contribution in [0.2, 0.25) is 5.15 Å². The van der Waals surface area contributed by atoms with Crippen LogP contribution in [0.15, 0.2) is 18.3 Å². The fraction of sp³-hybridized carbons (Fsp3) is 0.286. The number of pyridine rings is 1. The largest absolute Gasteiger partial charge is 0.381 e. The van der Waals surface area contributed by atoms with Crippen molar-refractivity contribution in [2.24, 2.45) is 0 Å². The maximum atomic E-state index is 11.0. The van der Waals surface area contributed by atoms with Gasteiger partial charge >= 0.3 is 10.1 Å². The van der Waals surface area contributed by atoms with Crippen molar-refractivity contribution in [3.63, 3.8) is 0 Å². The summed E-state index contributed by atoms with van der Waals surface area (Å²) in [5, 5.41) is 0.293. The molecule has 6 heteroatoms. The van der Waals surface area contributed by atoms with Gasteiger partial charge < -0.3 is 4.18 Å². The zero-order valence-corrected chi connectivity index (χ0v) is 8.47. The van der Waals surface area contributed by atoms with Gasteiger partial charge in [-0.3, -0.25) is 0 Å². The van der Waals surface area contributed by atoms with Gasteiger partial charge in [0.1, 0.15) is 5.15 Å². The maximum absolute atomic E-state index is 11.0. The highest BCUT2D eigenvalue weighted by atomic mass is 35.5. The molecular weight excluding hydrogens is 214 g/mol. The Morgan fingerprint density at radius 2 is 2.23 bits per heavy atom. The Bertz CT molecular complexity index is 373. The normalized spacial score (nSPS) is 11.2. The minimum Gasteiger partial charge on any atom is -0.381 e. The molecule has 0 saturated heterocycles. The Morgan fingerprint density at radius 3 is 2.69 bits per heavy atom. The second-order valence-electron chi connectivity index (χ2n) is 2.25. The molecule has 0 fully saturated rings. The first kappa shape index (κ1) is 10.3. The predicted molar refractivity (Wildman–Crippen MR) is 49.3 cm³/mol. The van der Waals surface area contributed by atoms with Gasteiger partial charge in [-0.2, -0.15) is 8.42 Å². The van der Waals surface area contributed by atoms with E-state index in [-0.39, 0.29) is 11.5 Å². The topological polar surface area (TPSA) is 56.3 Å². The van der Waals surface area contributed by atoms with Crippen molar-refractivity contribution < 1.29 is 12.6 Å². The lowest BCUT2D eigenvalue weighted by atomic mass is 10.5. The first-order valence-corrected chi connectivity index (χ1v) is 5.53. The summed E-state index contributed by atoms with van der Waals surface area (Å²) in [5.74, 6) is 0.0987. The Morgan fingerprint density at radius 1 is 1.54 bits per heavy atom. The molecule has 0 aliphatic carbocycles. The SMILES string of the molecule is CCS(=O)(=O)Oc1ccc(Cl)nc1. The lowest BCUT2D eigenvalue weighted by molar-refractivity contribution is 0.486. The summed E-state index contributed by atoms with van der Waals surface area (Å²) in [6.45, 7) is 1.50. The third-order valence-electron chi connectivity index (χ3n) is 1.28. The Labute approximate surface area is 81.6 Å². The molecule has 72 valence electrons. The Hall–Kier alpha value is -0.810. The first-order chi connectivity index (χ1) is 6.03. The van der Waals surface area contributed by atoms with Gasteiger partial charge in [-0.1, -0.05) is 11.6 Å². The molecule has 0 radical (unpaired) electrons. The molecule has 13 heavy (non-hydrogen) atoms. The third kappa shape index (κ3) is 3.20. The summed E-state index contributed by atoms with van der Waals surface area (Å²) >= 11 is 5.50. The molecule has 0 N–H and O–H groups in total. The predicted octanol–water partition coefficient (Wildman–Crippen LogP) is 1.46. The van der Waals surface area contributed by atoms with E-state index in [1.807, 2.05) is 0 Å². The molecule has 4 nitrogen and oxygen atoms in total. The first-order valence-electron chi connectivity index (χ1n) is 3.57. The standard InChI is InChI=1S/C7H8ClNO3S/c1-2-13(10,11)12-6-3-4-7(8)9-5-6/h3-5H,2H2,1H3. The monoisotopic (exact) mass is 221 g/mol. The molecule has 0 amide bonds. The Balaban J connectivity index is 2.82. The highest BCUT2D eigenvalue weighted by Crippen LogP contribution is 2.14. The van der Waals surface area contributed by atoms with Gasteiger partial charge in [-0.05, 0) is 19.1 Å². The lowest BCUT2D eigenvalue weighted by Gasteiger charge is -2.03. The molecule has 0 unspecified atom stereocenters. The van der Waals surface area contributed by atoms with Gasteiger partial charge in [0.05, 0.1) is 11.9 Å². The molecule has 0 saturated carbocycles. The summed E-state index contributed by atoms with van der Waals surface area (Å²) < 4.78 is 26.6. The van der Waals surface area contributed by atoms with Gasteiger partial charge in [-0.25, -0.2) is 4.98 Å². The Kier molecular flexibility index (Phi) is 3.11. The van der Waals surface area contributed by atoms with Crippen molar-refractivity contribution in [2.75, 3.05) is 5.75 Å². The second kappa shape index (κ2) is 3.93. The van der Waals surface area contributed by atoms with E-state index in [0.29, 0.717) is 5.15 Å². The van der Waals surface area contributed by atoms with Crippen LogP contribution in [0.4, 0.5) is 0 Å². The van der Waals surface area contributed by atoms with Crippen LogP contribution in [0.3, 0.4) is 0 Å². The molecule has 1 aromatic heterocycles. The minimum atomic E-state index is -3.47. The summed E-state index contributed by atoms with van der Waals surface area (Å²) in [5.41, 5.74) is 0. The highest BCUT2D eigenvalue weighted by molar-refractivity contribution is 7.87. The van der Waals surface area contributed by atoms with Gasteiger partial charge in [0, 0.05) is 0 Å². The average Bonchev–Trinajstić information content (AvgIpc) is 2.09. The molecule has 0 spiro atoms. The summed E-state index contributed by atoms with van der Waals surface area (Å²) in [6, 6.07) is 2.91. The van der Waals surface area contributed by atoms with Gasteiger partial charge in [-0.15, -0.1) is 0 Å².